The van der Waals surface area contributed by atoms with Crippen molar-refractivity contribution in [2.24, 2.45) is 39.9 Å². The fraction of sp³-hybridized carbons (Fsp3) is 0.848. The Bertz CT molecular complexity index is 958. The van der Waals surface area contributed by atoms with E-state index in [1.54, 1.807) is 0 Å². The number of hydrogen-bond acceptors (Lipinski definition) is 4. The standard InChI is InChI=1S/C33H53NO5/c1-22(2)8-6-7-9-23-10-11-26-31(23,3)19-16-27-32(4)18-15-25(20-24(32)14-17-33(26,27)5)39-30(38)21-34-28(35)12-13-29(36)37/h14,22-23,25-27H,6-13,15-21H2,1-5H3,(H,34,35)(H,36,37). The van der Waals surface area contributed by atoms with E-state index in [0.29, 0.717) is 16.7 Å². The topological polar surface area (TPSA) is 92.7 Å². The molecule has 0 spiro atoms. The average molecular weight is 544 g/mol. The molecule has 0 bridgehead atoms. The first kappa shape index (κ1) is 30.1. The number of ether oxygens (including phenoxy) is 1. The summed E-state index contributed by atoms with van der Waals surface area (Å²) in [5.74, 6) is 1.28. The van der Waals surface area contributed by atoms with E-state index < -0.39 is 17.8 Å². The lowest BCUT2D eigenvalue weighted by Gasteiger charge is -2.63. The van der Waals surface area contributed by atoms with E-state index in [0.717, 1.165) is 43.4 Å². The van der Waals surface area contributed by atoms with E-state index in [9.17, 15) is 14.4 Å². The van der Waals surface area contributed by atoms with Crippen LogP contribution in [-0.2, 0) is 19.1 Å². The number of carbonyl (C=O) groups is 3. The Hall–Kier alpha value is -1.85. The van der Waals surface area contributed by atoms with Gasteiger partial charge in [0.2, 0.25) is 5.91 Å². The molecule has 1 amide bonds. The highest BCUT2D eigenvalue weighted by molar-refractivity contribution is 5.84. The third-order valence-electron chi connectivity index (χ3n) is 11.7. The van der Waals surface area contributed by atoms with Crippen molar-refractivity contribution in [1.82, 2.24) is 5.32 Å². The average Bonchev–Trinajstić information content (AvgIpc) is 3.21. The first-order valence-corrected chi connectivity index (χ1v) is 15.8. The Labute approximate surface area is 236 Å². The van der Waals surface area contributed by atoms with Crippen LogP contribution in [-0.4, -0.2) is 35.6 Å². The smallest absolute Gasteiger partial charge is 0.325 e. The second-order valence-corrected chi connectivity index (χ2v) is 14.5. The number of hydrogen-bond donors (Lipinski definition) is 2. The van der Waals surface area contributed by atoms with Gasteiger partial charge in [-0.1, -0.05) is 65.5 Å². The Kier molecular flexibility index (Phi) is 9.22. The molecule has 3 fully saturated rings. The lowest BCUT2D eigenvalue weighted by molar-refractivity contribution is -0.153. The van der Waals surface area contributed by atoms with Crippen molar-refractivity contribution in [2.45, 2.75) is 131 Å². The molecule has 7 unspecified atom stereocenters. The number of esters is 1. The molecule has 39 heavy (non-hydrogen) atoms. The predicted molar refractivity (Wildman–Crippen MR) is 153 cm³/mol. The van der Waals surface area contributed by atoms with Gasteiger partial charge in [0.05, 0.1) is 6.42 Å². The summed E-state index contributed by atoms with van der Waals surface area (Å²) < 4.78 is 5.77. The van der Waals surface area contributed by atoms with Gasteiger partial charge in [-0.2, -0.15) is 0 Å². The molecule has 4 aliphatic rings. The van der Waals surface area contributed by atoms with Crippen LogP contribution in [0.3, 0.4) is 0 Å². The number of carboxylic acid groups (broad SMARTS) is 1. The van der Waals surface area contributed by atoms with Crippen LogP contribution in [0.2, 0.25) is 0 Å². The van der Waals surface area contributed by atoms with Gasteiger partial charge in [0, 0.05) is 12.8 Å². The molecule has 4 rings (SSSR count). The first-order valence-electron chi connectivity index (χ1n) is 15.8. The summed E-state index contributed by atoms with van der Waals surface area (Å²) in [5, 5.41) is 11.2. The van der Waals surface area contributed by atoms with E-state index in [1.165, 1.54) is 56.9 Å². The molecule has 0 aromatic heterocycles. The maximum Gasteiger partial charge on any atom is 0.325 e. The van der Waals surface area contributed by atoms with E-state index >= 15 is 0 Å². The van der Waals surface area contributed by atoms with Gasteiger partial charge in [-0.15, -0.1) is 0 Å². The minimum absolute atomic E-state index is 0.129. The maximum absolute atomic E-state index is 12.4. The summed E-state index contributed by atoms with van der Waals surface area (Å²) in [6.07, 6.45) is 16.8. The molecule has 2 N–H and O–H groups in total. The van der Waals surface area contributed by atoms with E-state index in [1.807, 2.05) is 0 Å². The molecule has 4 aliphatic carbocycles. The van der Waals surface area contributed by atoms with Crippen LogP contribution in [0.4, 0.5) is 0 Å². The monoisotopic (exact) mass is 543 g/mol. The zero-order valence-corrected chi connectivity index (χ0v) is 25.2. The van der Waals surface area contributed by atoms with E-state index in [-0.39, 0.29) is 30.9 Å². The van der Waals surface area contributed by atoms with Crippen molar-refractivity contribution >= 4 is 17.8 Å². The van der Waals surface area contributed by atoms with Crippen LogP contribution in [0.15, 0.2) is 11.6 Å². The first-order chi connectivity index (χ1) is 18.4. The number of unbranched alkanes of at least 4 members (excludes halogenated alkanes) is 1. The normalized spacial score (nSPS) is 37.3. The molecular weight excluding hydrogens is 490 g/mol. The van der Waals surface area contributed by atoms with Gasteiger partial charge in [-0.05, 0) is 91.3 Å². The van der Waals surface area contributed by atoms with Gasteiger partial charge in [0.25, 0.3) is 0 Å². The highest BCUT2D eigenvalue weighted by Crippen LogP contribution is 2.71. The molecular formula is C33H53NO5. The fourth-order valence-electron chi connectivity index (χ4n) is 9.62. The molecule has 0 aliphatic heterocycles. The van der Waals surface area contributed by atoms with Gasteiger partial charge in [-0.25, -0.2) is 0 Å². The summed E-state index contributed by atoms with van der Waals surface area (Å²) in [5.41, 5.74) is 2.48. The van der Waals surface area contributed by atoms with E-state index in [2.05, 4.69) is 46.0 Å². The molecule has 0 saturated heterocycles. The largest absolute Gasteiger partial charge is 0.481 e. The Morgan fingerprint density at radius 1 is 1.00 bits per heavy atom. The fourth-order valence-corrected chi connectivity index (χ4v) is 9.62. The van der Waals surface area contributed by atoms with Gasteiger partial charge in [0.1, 0.15) is 12.6 Å². The third-order valence-corrected chi connectivity index (χ3v) is 11.7. The minimum Gasteiger partial charge on any atom is -0.481 e. The number of carboxylic acids is 1. The molecule has 3 saturated carbocycles. The Morgan fingerprint density at radius 2 is 1.77 bits per heavy atom. The quantitative estimate of drug-likeness (QED) is 0.165. The van der Waals surface area contributed by atoms with Crippen LogP contribution in [0.1, 0.15) is 125 Å². The van der Waals surface area contributed by atoms with E-state index in [4.69, 9.17) is 9.84 Å². The van der Waals surface area contributed by atoms with Crippen LogP contribution in [0.25, 0.3) is 0 Å². The lowest BCUT2D eigenvalue weighted by Crippen LogP contribution is -2.56. The van der Waals surface area contributed by atoms with Crippen molar-refractivity contribution in [3.8, 4) is 0 Å². The Balaban J connectivity index is 1.35. The zero-order valence-electron chi connectivity index (χ0n) is 25.2. The molecule has 7 atom stereocenters. The van der Waals surface area contributed by atoms with Gasteiger partial charge in [-0.3, -0.25) is 14.4 Å². The van der Waals surface area contributed by atoms with Crippen molar-refractivity contribution < 1.29 is 24.2 Å². The van der Waals surface area contributed by atoms with Crippen molar-refractivity contribution in [3.63, 3.8) is 0 Å². The van der Waals surface area contributed by atoms with Gasteiger partial charge >= 0.3 is 11.9 Å². The van der Waals surface area contributed by atoms with Crippen molar-refractivity contribution in [3.05, 3.63) is 11.6 Å². The van der Waals surface area contributed by atoms with Gasteiger partial charge < -0.3 is 15.2 Å². The third kappa shape index (κ3) is 6.25. The predicted octanol–water partition coefficient (Wildman–Crippen LogP) is 7.06. The van der Waals surface area contributed by atoms with Crippen LogP contribution >= 0.6 is 0 Å². The number of allylic oxidation sites excluding steroid dienone is 1. The number of carbonyl (C=O) groups excluding carboxylic acids is 2. The molecule has 0 heterocycles. The second kappa shape index (κ2) is 11.9. The summed E-state index contributed by atoms with van der Waals surface area (Å²) in [6.45, 7) is 12.2. The van der Waals surface area contributed by atoms with Crippen LogP contribution < -0.4 is 5.32 Å². The van der Waals surface area contributed by atoms with Crippen molar-refractivity contribution in [1.29, 1.82) is 0 Å². The Morgan fingerprint density at radius 3 is 2.49 bits per heavy atom. The SMILES string of the molecule is CC(C)CCCCC1CCC2C1(C)CCC1C3(C)CCC(OC(=O)CNC(=O)CCC(=O)O)CC3=CCC12C. The minimum atomic E-state index is -1.03. The molecule has 0 aromatic carbocycles. The number of rotatable bonds is 11. The molecule has 0 aromatic rings. The molecule has 220 valence electrons. The maximum atomic E-state index is 12.4. The number of aliphatic carboxylic acids is 1. The summed E-state index contributed by atoms with van der Waals surface area (Å²) in [7, 11) is 0. The highest BCUT2D eigenvalue weighted by atomic mass is 16.5. The highest BCUT2D eigenvalue weighted by Gasteiger charge is 2.63. The number of nitrogens with one attached hydrogen (secondary N) is 1. The number of fused-ring (bicyclic) bond motifs is 5. The van der Waals surface area contributed by atoms with Crippen LogP contribution in [0, 0.1) is 39.9 Å². The molecule has 6 nitrogen and oxygen atoms in total. The molecule has 6 heteroatoms. The second-order valence-electron chi connectivity index (χ2n) is 14.5. The summed E-state index contributed by atoms with van der Waals surface area (Å²) >= 11 is 0. The summed E-state index contributed by atoms with van der Waals surface area (Å²) in [6, 6.07) is 0. The molecule has 0 radical (unpaired) electrons. The van der Waals surface area contributed by atoms with Crippen LogP contribution in [0.5, 0.6) is 0 Å². The lowest BCUT2D eigenvalue weighted by atomic mass is 9.41. The summed E-state index contributed by atoms with van der Waals surface area (Å²) in [4.78, 5) is 34.8. The van der Waals surface area contributed by atoms with Gasteiger partial charge in [0.15, 0.2) is 0 Å². The van der Waals surface area contributed by atoms with Crippen molar-refractivity contribution in [2.75, 3.05) is 6.54 Å². The zero-order chi connectivity index (χ0) is 28.4. The number of amides is 1.